The van der Waals surface area contributed by atoms with Crippen LogP contribution in [0.4, 0.5) is 5.82 Å². The van der Waals surface area contributed by atoms with Gasteiger partial charge in [0.15, 0.2) is 0 Å². The molecule has 2 aromatic rings. The molecule has 0 aliphatic carbocycles. The smallest absolute Gasteiger partial charge is 0.130 e. The lowest BCUT2D eigenvalue weighted by molar-refractivity contribution is -0.108. The van der Waals surface area contributed by atoms with Crippen LogP contribution < -0.4 is 5.32 Å². The molecule has 96 valence electrons. The highest BCUT2D eigenvalue weighted by molar-refractivity contribution is 5.82. The molecule has 0 saturated heterocycles. The van der Waals surface area contributed by atoms with Gasteiger partial charge in [-0.15, -0.1) is 0 Å². The van der Waals surface area contributed by atoms with E-state index in [9.17, 15) is 4.79 Å². The van der Waals surface area contributed by atoms with Crippen molar-refractivity contribution in [1.29, 1.82) is 0 Å². The van der Waals surface area contributed by atoms with Crippen molar-refractivity contribution in [3.63, 3.8) is 0 Å². The lowest BCUT2D eigenvalue weighted by Gasteiger charge is -2.11. The molecule has 1 unspecified atom stereocenters. The summed E-state index contributed by atoms with van der Waals surface area (Å²) in [6.07, 6.45) is 2.80. The molecular weight excluding hydrogens is 236 g/mol. The second kappa shape index (κ2) is 4.50. The van der Waals surface area contributed by atoms with Crippen LogP contribution in [0.25, 0.3) is 11.1 Å². The first-order chi connectivity index (χ1) is 9.19. The third-order valence-electron chi connectivity index (χ3n) is 3.55. The Morgan fingerprint density at radius 3 is 2.68 bits per heavy atom. The topological polar surface area (TPSA) is 42.0 Å². The second-order valence-electron chi connectivity index (χ2n) is 5.12. The minimum absolute atomic E-state index is 0.0977. The Hall–Kier alpha value is -2.16. The van der Waals surface area contributed by atoms with Gasteiger partial charge in [-0.05, 0) is 31.0 Å². The van der Waals surface area contributed by atoms with Gasteiger partial charge in [0, 0.05) is 18.3 Å². The van der Waals surface area contributed by atoms with E-state index in [4.69, 9.17) is 0 Å². The Labute approximate surface area is 112 Å². The Morgan fingerprint density at radius 1 is 1.26 bits per heavy atom. The minimum atomic E-state index is -0.0977. The van der Waals surface area contributed by atoms with E-state index in [1.165, 1.54) is 11.1 Å². The van der Waals surface area contributed by atoms with Crippen LogP contribution in [0.3, 0.4) is 0 Å². The summed E-state index contributed by atoms with van der Waals surface area (Å²) in [6.45, 7) is 4.83. The number of fused-ring (bicyclic) bond motifs is 1. The SMILES string of the molecule is Cc1cc(C)cc(-c2ccnc3c2C(C=O)CN3)c1. The number of rotatable bonds is 2. The number of nitrogens with zero attached hydrogens (tertiary/aromatic N) is 1. The molecule has 3 heteroatoms. The van der Waals surface area contributed by atoms with E-state index >= 15 is 0 Å². The molecule has 0 spiro atoms. The molecule has 1 aromatic carbocycles. The summed E-state index contributed by atoms with van der Waals surface area (Å²) in [5, 5.41) is 3.20. The van der Waals surface area contributed by atoms with Crippen LogP contribution in [0.1, 0.15) is 22.6 Å². The van der Waals surface area contributed by atoms with E-state index in [1.54, 1.807) is 6.20 Å². The zero-order valence-corrected chi connectivity index (χ0v) is 11.1. The number of nitrogens with one attached hydrogen (secondary N) is 1. The van der Waals surface area contributed by atoms with Crippen molar-refractivity contribution in [1.82, 2.24) is 4.98 Å². The lowest BCUT2D eigenvalue weighted by atomic mass is 9.92. The van der Waals surface area contributed by atoms with Gasteiger partial charge in [-0.1, -0.05) is 29.3 Å². The molecule has 19 heavy (non-hydrogen) atoms. The van der Waals surface area contributed by atoms with Crippen LogP contribution in [-0.4, -0.2) is 17.8 Å². The molecule has 0 saturated carbocycles. The predicted molar refractivity (Wildman–Crippen MR) is 76.4 cm³/mol. The standard InChI is InChI=1S/C16H16N2O/c1-10-5-11(2)7-12(6-10)14-3-4-17-16-15(14)13(9-19)8-18-16/h3-7,9,13H,8H2,1-2H3,(H,17,18). The first-order valence-corrected chi connectivity index (χ1v) is 6.46. The first kappa shape index (κ1) is 11.9. The van der Waals surface area contributed by atoms with Crippen molar-refractivity contribution in [2.24, 2.45) is 0 Å². The van der Waals surface area contributed by atoms with Gasteiger partial charge in [0.05, 0.1) is 5.92 Å². The molecule has 1 aliphatic heterocycles. The van der Waals surface area contributed by atoms with Gasteiger partial charge in [-0.2, -0.15) is 0 Å². The van der Waals surface area contributed by atoms with Crippen molar-refractivity contribution in [2.75, 3.05) is 11.9 Å². The van der Waals surface area contributed by atoms with Crippen LogP contribution in [0.2, 0.25) is 0 Å². The summed E-state index contributed by atoms with van der Waals surface area (Å²) in [7, 11) is 0. The Morgan fingerprint density at radius 2 is 2.00 bits per heavy atom. The van der Waals surface area contributed by atoms with Gasteiger partial charge in [-0.3, -0.25) is 0 Å². The average molecular weight is 252 g/mol. The number of carbonyl (C=O) groups is 1. The summed E-state index contributed by atoms with van der Waals surface area (Å²) in [6, 6.07) is 8.46. The van der Waals surface area contributed by atoms with E-state index in [0.717, 1.165) is 28.8 Å². The molecule has 0 radical (unpaired) electrons. The van der Waals surface area contributed by atoms with Crippen molar-refractivity contribution >= 4 is 12.1 Å². The zero-order valence-electron chi connectivity index (χ0n) is 11.1. The second-order valence-corrected chi connectivity index (χ2v) is 5.12. The maximum Gasteiger partial charge on any atom is 0.130 e. The van der Waals surface area contributed by atoms with Gasteiger partial charge in [0.1, 0.15) is 12.1 Å². The molecular formula is C16H16N2O. The number of aromatic nitrogens is 1. The quantitative estimate of drug-likeness (QED) is 0.835. The fourth-order valence-corrected chi connectivity index (χ4v) is 2.80. The number of hydrogen-bond acceptors (Lipinski definition) is 3. The van der Waals surface area contributed by atoms with E-state index < -0.39 is 0 Å². The Balaban J connectivity index is 2.21. The normalized spacial score (nSPS) is 16.8. The number of benzene rings is 1. The lowest BCUT2D eigenvalue weighted by Crippen LogP contribution is -2.03. The van der Waals surface area contributed by atoms with E-state index in [-0.39, 0.29) is 5.92 Å². The van der Waals surface area contributed by atoms with Crippen molar-refractivity contribution in [3.8, 4) is 11.1 Å². The number of aldehydes is 1. The van der Waals surface area contributed by atoms with Crippen LogP contribution in [0, 0.1) is 13.8 Å². The van der Waals surface area contributed by atoms with Gasteiger partial charge in [-0.25, -0.2) is 4.98 Å². The molecule has 3 nitrogen and oxygen atoms in total. The van der Waals surface area contributed by atoms with Crippen LogP contribution in [0.5, 0.6) is 0 Å². The molecule has 0 amide bonds. The Bertz CT molecular complexity index is 629. The van der Waals surface area contributed by atoms with Crippen molar-refractivity contribution < 1.29 is 4.79 Å². The molecule has 1 N–H and O–H groups in total. The summed E-state index contributed by atoms with van der Waals surface area (Å²) in [4.78, 5) is 15.5. The number of anilines is 1. The average Bonchev–Trinajstić information content (AvgIpc) is 2.80. The Kier molecular flexibility index (Phi) is 2.82. The third-order valence-corrected chi connectivity index (χ3v) is 3.55. The number of pyridine rings is 1. The minimum Gasteiger partial charge on any atom is -0.369 e. The maximum atomic E-state index is 11.2. The zero-order chi connectivity index (χ0) is 13.4. The van der Waals surface area contributed by atoms with Crippen molar-refractivity contribution in [2.45, 2.75) is 19.8 Å². The predicted octanol–water partition coefficient (Wildman–Crippen LogP) is 3.07. The van der Waals surface area contributed by atoms with Gasteiger partial charge >= 0.3 is 0 Å². The van der Waals surface area contributed by atoms with Gasteiger partial charge in [0.25, 0.3) is 0 Å². The molecule has 0 bridgehead atoms. The highest BCUT2D eigenvalue weighted by Gasteiger charge is 2.26. The molecule has 3 rings (SSSR count). The maximum absolute atomic E-state index is 11.2. The monoisotopic (exact) mass is 252 g/mol. The fraction of sp³-hybridized carbons (Fsp3) is 0.250. The summed E-state index contributed by atoms with van der Waals surface area (Å²) in [5.74, 6) is 0.744. The fourth-order valence-electron chi connectivity index (χ4n) is 2.80. The van der Waals surface area contributed by atoms with Crippen molar-refractivity contribution in [3.05, 3.63) is 47.2 Å². The van der Waals surface area contributed by atoms with E-state index in [1.807, 2.05) is 6.07 Å². The largest absolute Gasteiger partial charge is 0.369 e. The number of carbonyl (C=O) groups excluding carboxylic acids is 1. The first-order valence-electron chi connectivity index (χ1n) is 6.46. The summed E-state index contributed by atoms with van der Waals surface area (Å²) in [5.41, 5.74) is 5.76. The molecule has 1 aromatic heterocycles. The summed E-state index contributed by atoms with van der Waals surface area (Å²) >= 11 is 0. The highest BCUT2D eigenvalue weighted by Crippen LogP contribution is 2.37. The summed E-state index contributed by atoms with van der Waals surface area (Å²) < 4.78 is 0. The third kappa shape index (κ3) is 2.01. The molecule has 0 fully saturated rings. The number of aryl methyl sites for hydroxylation is 2. The van der Waals surface area contributed by atoms with E-state index in [2.05, 4.69) is 42.3 Å². The molecule has 1 aliphatic rings. The van der Waals surface area contributed by atoms with Crippen LogP contribution in [0.15, 0.2) is 30.5 Å². The van der Waals surface area contributed by atoms with E-state index in [0.29, 0.717) is 6.54 Å². The molecule has 1 atom stereocenters. The number of hydrogen-bond donors (Lipinski definition) is 1. The van der Waals surface area contributed by atoms with Gasteiger partial charge < -0.3 is 10.1 Å². The van der Waals surface area contributed by atoms with Crippen LogP contribution in [-0.2, 0) is 4.79 Å². The van der Waals surface area contributed by atoms with Gasteiger partial charge in [0.2, 0.25) is 0 Å². The van der Waals surface area contributed by atoms with Crippen LogP contribution >= 0.6 is 0 Å². The molecule has 2 heterocycles. The highest BCUT2D eigenvalue weighted by atomic mass is 16.1.